The number of hydrogen-bond donors (Lipinski definition) is 0. The second-order valence-corrected chi connectivity index (χ2v) is 11.3. The summed E-state index contributed by atoms with van der Waals surface area (Å²) in [5.74, 6) is 0.654. The molecular weight excluding hydrogens is 580 g/mol. The average molecular weight is 606 g/mol. The van der Waals surface area contributed by atoms with E-state index in [0.29, 0.717) is 23.2 Å². The van der Waals surface area contributed by atoms with Gasteiger partial charge in [-0.2, -0.15) is 0 Å². The zero-order valence-electron chi connectivity index (χ0n) is 21.5. The van der Waals surface area contributed by atoms with Gasteiger partial charge in [-0.05, 0) is 70.1 Å². The lowest BCUT2D eigenvalue weighted by Gasteiger charge is -2.16. The van der Waals surface area contributed by atoms with Gasteiger partial charge in [0.2, 0.25) is 0 Å². The summed E-state index contributed by atoms with van der Waals surface area (Å²) in [7, 11) is 0. The van der Waals surface area contributed by atoms with Crippen molar-refractivity contribution in [2.24, 2.45) is 4.99 Å². The molecule has 1 heterocycles. The molecule has 0 aliphatic carbocycles. The number of benzene rings is 5. The van der Waals surface area contributed by atoms with Crippen LogP contribution in [0.5, 0.6) is 5.75 Å². The summed E-state index contributed by atoms with van der Waals surface area (Å²) in [6.45, 7) is 0.863. The van der Waals surface area contributed by atoms with Gasteiger partial charge in [-0.3, -0.25) is 9.69 Å². The number of nitrogens with zero attached hydrogens (tertiary/aromatic N) is 2. The first-order chi connectivity index (χ1) is 19.6. The van der Waals surface area contributed by atoms with E-state index < -0.39 is 0 Å². The quantitative estimate of drug-likeness (QED) is 0.174. The Hall–Kier alpha value is -4.13. The van der Waals surface area contributed by atoms with Crippen molar-refractivity contribution in [3.8, 4) is 5.75 Å². The molecule has 0 unspecified atom stereocenters. The highest BCUT2D eigenvalue weighted by molar-refractivity contribution is 9.10. The van der Waals surface area contributed by atoms with E-state index in [1.165, 1.54) is 11.8 Å². The fraction of sp³-hybridized carbons (Fsp3) is 0.0588. The summed E-state index contributed by atoms with van der Waals surface area (Å²) in [6.07, 6.45) is 1.96. The van der Waals surface area contributed by atoms with Crippen molar-refractivity contribution in [3.05, 3.63) is 147 Å². The van der Waals surface area contributed by atoms with E-state index in [2.05, 4.69) is 34.1 Å². The Kier molecular flexibility index (Phi) is 7.80. The summed E-state index contributed by atoms with van der Waals surface area (Å²) in [5, 5.41) is 2.77. The van der Waals surface area contributed by atoms with Crippen molar-refractivity contribution >= 4 is 61.3 Å². The molecule has 5 aromatic rings. The van der Waals surface area contributed by atoms with Crippen molar-refractivity contribution in [1.29, 1.82) is 0 Å². The predicted molar refractivity (Wildman–Crippen MR) is 169 cm³/mol. The number of rotatable bonds is 7. The number of aliphatic imine (C=N–C) groups is 1. The molecule has 1 aliphatic heterocycles. The van der Waals surface area contributed by atoms with Crippen molar-refractivity contribution in [3.63, 3.8) is 0 Å². The van der Waals surface area contributed by atoms with E-state index in [1.807, 2.05) is 109 Å². The first-order valence-electron chi connectivity index (χ1n) is 12.9. The van der Waals surface area contributed by atoms with E-state index in [4.69, 9.17) is 9.73 Å². The van der Waals surface area contributed by atoms with E-state index in [0.717, 1.165) is 43.4 Å². The maximum absolute atomic E-state index is 13.9. The van der Waals surface area contributed by atoms with E-state index in [9.17, 15) is 4.79 Å². The lowest BCUT2D eigenvalue weighted by atomic mass is 10.0. The number of amidine groups is 1. The first kappa shape index (κ1) is 26.1. The number of fused-ring (bicyclic) bond motifs is 1. The van der Waals surface area contributed by atoms with Gasteiger partial charge in [0.25, 0.3) is 5.91 Å². The van der Waals surface area contributed by atoms with Crippen molar-refractivity contribution < 1.29 is 9.53 Å². The Labute approximate surface area is 246 Å². The lowest BCUT2D eigenvalue weighted by molar-refractivity contribution is -0.122. The smallest absolute Gasteiger partial charge is 0.267 e. The van der Waals surface area contributed by atoms with Crippen molar-refractivity contribution in [2.75, 3.05) is 0 Å². The fourth-order valence-electron chi connectivity index (χ4n) is 4.53. The summed E-state index contributed by atoms with van der Waals surface area (Å²) in [5.41, 5.74) is 3.79. The van der Waals surface area contributed by atoms with E-state index in [-0.39, 0.29) is 5.91 Å². The number of para-hydroxylation sites is 1. The Morgan fingerprint density at radius 3 is 2.25 bits per heavy atom. The Balaban J connectivity index is 1.39. The Bertz CT molecular complexity index is 1720. The third kappa shape index (κ3) is 5.88. The third-order valence-electron chi connectivity index (χ3n) is 6.57. The summed E-state index contributed by atoms with van der Waals surface area (Å²) < 4.78 is 7.36. The Morgan fingerprint density at radius 2 is 1.48 bits per heavy atom. The molecule has 1 amide bonds. The van der Waals surface area contributed by atoms with Gasteiger partial charge in [-0.1, -0.05) is 107 Å². The average Bonchev–Trinajstić information content (AvgIpc) is 3.27. The van der Waals surface area contributed by atoms with Gasteiger partial charge in [0, 0.05) is 10.0 Å². The monoisotopic (exact) mass is 604 g/mol. The van der Waals surface area contributed by atoms with Crippen molar-refractivity contribution in [1.82, 2.24) is 4.90 Å². The first-order valence-corrected chi connectivity index (χ1v) is 14.5. The van der Waals surface area contributed by atoms with Crippen LogP contribution in [-0.2, 0) is 17.9 Å². The van der Waals surface area contributed by atoms with Gasteiger partial charge in [0.05, 0.1) is 17.1 Å². The van der Waals surface area contributed by atoms with Crippen LogP contribution in [-0.4, -0.2) is 16.0 Å². The van der Waals surface area contributed by atoms with Gasteiger partial charge in [0.15, 0.2) is 5.17 Å². The minimum absolute atomic E-state index is 0.0738. The maximum atomic E-state index is 13.9. The third-order valence-corrected chi connectivity index (χ3v) is 8.10. The van der Waals surface area contributed by atoms with Crippen LogP contribution in [0.3, 0.4) is 0 Å². The van der Waals surface area contributed by atoms with Crippen molar-refractivity contribution in [2.45, 2.75) is 13.2 Å². The van der Waals surface area contributed by atoms with Gasteiger partial charge < -0.3 is 4.74 Å². The van der Waals surface area contributed by atoms with Crippen LogP contribution in [0.15, 0.2) is 136 Å². The Morgan fingerprint density at radius 1 is 0.775 bits per heavy atom. The maximum Gasteiger partial charge on any atom is 0.267 e. The highest BCUT2D eigenvalue weighted by Gasteiger charge is 2.34. The van der Waals surface area contributed by atoms with Crippen LogP contribution < -0.4 is 4.74 Å². The summed E-state index contributed by atoms with van der Waals surface area (Å²) >= 11 is 4.89. The highest BCUT2D eigenvalue weighted by Crippen LogP contribution is 2.38. The van der Waals surface area contributed by atoms with Crippen LogP contribution >= 0.6 is 27.7 Å². The van der Waals surface area contributed by atoms with Gasteiger partial charge in [0.1, 0.15) is 12.4 Å². The molecule has 0 aromatic heterocycles. The molecule has 6 rings (SSSR count). The van der Waals surface area contributed by atoms with E-state index >= 15 is 0 Å². The minimum atomic E-state index is -0.0738. The van der Waals surface area contributed by atoms with Crippen LogP contribution in [0, 0.1) is 0 Å². The number of thioether (sulfide) groups is 1. The van der Waals surface area contributed by atoms with Crippen LogP contribution in [0.4, 0.5) is 5.69 Å². The van der Waals surface area contributed by atoms with Crippen LogP contribution in [0.1, 0.15) is 16.7 Å². The normalized spacial score (nSPS) is 15.3. The number of amides is 1. The molecule has 0 saturated carbocycles. The standard InChI is InChI=1S/C34H25BrN2O2S/c35-27-18-15-25(16-19-27)23-39-31-20-17-26-11-7-8-14-29(26)30(31)21-32-33(38)37(22-24-9-3-1-4-10-24)34(40-32)36-28-12-5-2-6-13-28/h1-21H,22-23H2/b32-21+,36-34?. The molecular formula is C34H25BrN2O2S. The molecule has 0 radical (unpaired) electrons. The molecule has 0 N–H and O–H groups in total. The predicted octanol–water partition coefficient (Wildman–Crippen LogP) is 8.99. The van der Waals surface area contributed by atoms with Gasteiger partial charge in [-0.25, -0.2) is 4.99 Å². The van der Waals surface area contributed by atoms with E-state index in [1.54, 1.807) is 4.90 Å². The fourth-order valence-corrected chi connectivity index (χ4v) is 5.78. The zero-order chi connectivity index (χ0) is 27.3. The number of carbonyl (C=O) groups is 1. The van der Waals surface area contributed by atoms with Crippen LogP contribution in [0.2, 0.25) is 0 Å². The second-order valence-electron chi connectivity index (χ2n) is 9.33. The number of hydrogen-bond acceptors (Lipinski definition) is 4. The number of ether oxygens (including phenoxy) is 1. The van der Waals surface area contributed by atoms with Crippen LogP contribution in [0.25, 0.3) is 16.8 Å². The number of halogens is 1. The summed E-state index contributed by atoms with van der Waals surface area (Å²) in [4.78, 5) is 21.1. The largest absolute Gasteiger partial charge is 0.488 e. The highest BCUT2D eigenvalue weighted by atomic mass is 79.9. The number of carbonyl (C=O) groups excluding carboxylic acids is 1. The molecule has 0 atom stereocenters. The second kappa shape index (κ2) is 11.9. The van der Waals surface area contributed by atoms with Gasteiger partial charge >= 0.3 is 0 Å². The minimum Gasteiger partial charge on any atom is -0.488 e. The molecule has 196 valence electrons. The zero-order valence-corrected chi connectivity index (χ0v) is 23.9. The summed E-state index contributed by atoms with van der Waals surface area (Å²) in [6, 6.07) is 40.0. The lowest BCUT2D eigenvalue weighted by Crippen LogP contribution is -2.28. The topological polar surface area (TPSA) is 41.9 Å². The molecule has 1 fully saturated rings. The SMILES string of the molecule is O=C1/C(=C\c2c(OCc3ccc(Br)cc3)ccc3ccccc23)SC(=Nc2ccccc2)N1Cc1ccccc1. The van der Waals surface area contributed by atoms with Gasteiger partial charge in [-0.15, -0.1) is 0 Å². The molecule has 1 saturated heterocycles. The molecule has 4 nitrogen and oxygen atoms in total. The molecule has 0 bridgehead atoms. The molecule has 6 heteroatoms. The molecule has 0 spiro atoms. The molecule has 1 aliphatic rings. The molecule has 40 heavy (non-hydrogen) atoms. The molecule has 5 aromatic carbocycles.